The lowest BCUT2D eigenvalue weighted by Gasteiger charge is -2.04. The Kier molecular flexibility index (Phi) is 4.43. The topological polar surface area (TPSA) is 97.7 Å². The minimum absolute atomic E-state index is 0.170. The van der Waals surface area contributed by atoms with E-state index >= 15 is 0 Å². The molecule has 0 aliphatic heterocycles. The Morgan fingerprint density at radius 3 is 2.50 bits per heavy atom. The quantitative estimate of drug-likeness (QED) is 0.752. The van der Waals surface area contributed by atoms with Crippen LogP contribution in [0.1, 0.15) is 10.4 Å². The van der Waals surface area contributed by atoms with Crippen LogP contribution >= 0.6 is 0 Å². The molecule has 0 saturated carbocycles. The zero-order valence-electron chi connectivity index (χ0n) is 9.62. The number of carboxylic acids is 1. The zero-order valence-corrected chi connectivity index (χ0v) is 10.4. The number of hydrogen-bond donors (Lipinski definition) is 1. The number of benzene rings is 1. The van der Waals surface area contributed by atoms with E-state index in [2.05, 4.69) is 0 Å². The summed E-state index contributed by atoms with van der Waals surface area (Å²) in [6, 6.07) is 6.01. The van der Waals surface area contributed by atoms with Crippen molar-refractivity contribution in [3.8, 4) is 5.75 Å². The van der Waals surface area contributed by atoms with Crippen molar-refractivity contribution in [2.75, 3.05) is 18.6 Å². The molecule has 0 amide bonds. The maximum atomic E-state index is 11.7. The van der Waals surface area contributed by atoms with Crippen molar-refractivity contribution < 1.29 is 27.9 Å². The van der Waals surface area contributed by atoms with Crippen LogP contribution in [0.15, 0.2) is 24.3 Å². The third-order valence-electron chi connectivity index (χ3n) is 2.09. The van der Waals surface area contributed by atoms with Crippen LogP contribution in [0.4, 0.5) is 0 Å². The number of rotatable bonds is 6. The predicted octanol–water partition coefficient (Wildman–Crippen LogP) is 0.377. The molecule has 1 rings (SSSR count). The molecule has 0 fully saturated rings. The minimum atomic E-state index is -3.94. The van der Waals surface area contributed by atoms with Gasteiger partial charge in [0.2, 0.25) is 0 Å². The number of carbonyl (C=O) groups excluding carboxylic acids is 1. The van der Waals surface area contributed by atoms with Crippen molar-refractivity contribution in [1.82, 2.24) is 0 Å². The molecule has 6 nitrogen and oxygen atoms in total. The number of carboxylic acid groups (broad SMARTS) is 1. The fourth-order valence-electron chi connectivity index (χ4n) is 1.32. The number of aliphatic carboxylic acids is 1. The van der Waals surface area contributed by atoms with Crippen molar-refractivity contribution >= 4 is 21.6 Å². The average Bonchev–Trinajstić information content (AvgIpc) is 2.26. The van der Waals surface area contributed by atoms with Crippen LogP contribution in [0, 0.1) is 0 Å². The zero-order chi connectivity index (χ0) is 13.8. The fraction of sp³-hybridized carbons (Fsp3) is 0.273. The third kappa shape index (κ3) is 4.17. The molecule has 98 valence electrons. The molecule has 1 aromatic rings. The Bertz CT molecular complexity index is 561. The summed E-state index contributed by atoms with van der Waals surface area (Å²) >= 11 is 0. The molecule has 0 aliphatic rings. The SMILES string of the molecule is COc1cccc(C(=O)CS(=O)(=O)CC(=O)O)c1. The van der Waals surface area contributed by atoms with Crippen LogP contribution in [-0.4, -0.2) is 43.9 Å². The number of Topliss-reactive ketones (excluding diaryl/α,β-unsaturated/α-hetero) is 1. The molecule has 0 aromatic heterocycles. The monoisotopic (exact) mass is 272 g/mol. The number of sulfone groups is 1. The van der Waals surface area contributed by atoms with Crippen molar-refractivity contribution in [2.45, 2.75) is 0 Å². The number of hydrogen-bond acceptors (Lipinski definition) is 5. The van der Waals surface area contributed by atoms with E-state index in [0.29, 0.717) is 5.75 Å². The van der Waals surface area contributed by atoms with Gasteiger partial charge in [0.1, 0.15) is 17.3 Å². The van der Waals surface area contributed by atoms with Gasteiger partial charge in [0.05, 0.1) is 7.11 Å². The van der Waals surface area contributed by atoms with Crippen molar-refractivity contribution in [3.63, 3.8) is 0 Å². The second-order valence-electron chi connectivity index (χ2n) is 3.58. The highest BCUT2D eigenvalue weighted by Crippen LogP contribution is 2.13. The average molecular weight is 272 g/mol. The molecule has 0 heterocycles. The molecule has 0 radical (unpaired) electrons. The number of ketones is 1. The molecule has 18 heavy (non-hydrogen) atoms. The van der Waals surface area contributed by atoms with E-state index in [-0.39, 0.29) is 5.56 Å². The van der Waals surface area contributed by atoms with Crippen LogP contribution in [-0.2, 0) is 14.6 Å². The van der Waals surface area contributed by atoms with Gasteiger partial charge in [-0.3, -0.25) is 9.59 Å². The highest BCUT2D eigenvalue weighted by molar-refractivity contribution is 7.92. The first kappa shape index (κ1) is 14.2. The Morgan fingerprint density at radius 2 is 1.94 bits per heavy atom. The van der Waals surface area contributed by atoms with E-state index in [1.807, 2.05) is 0 Å². The van der Waals surface area contributed by atoms with E-state index < -0.39 is 33.1 Å². The highest BCUT2D eigenvalue weighted by Gasteiger charge is 2.21. The van der Waals surface area contributed by atoms with Crippen molar-refractivity contribution in [2.24, 2.45) is 0 Å². The number of ether oxygens (including phenoxy) is 1. The Morgan fingerprint density at radius 1 is 1.28 bits per heavy atom. The van der Waals surface area contributed by atoms with Crippen LogP contribution in [0.25, 0.3) is 0 Å². The van der Waals surface area contributed by atoms with Crippen molar-refractivity contribution in [3.05, 3.63) is 29.8 Å². The lowest BCUT2D eigenvalue weighted by Crippen LogP contribution is -2.23. The van der Waals surface area contributed by atoms with E-state index in [1.165, 1.54) is 19.2 Å². The Balaban J connectivity index is 2.85. The highest BCUT2D eigenvalue weighted by atomic mass is 32.2. The molecule has 0 aliphatic carbocycles. The Labute approximate surface area is 104 Å². The fourth-order valence-corrected chi connectivity index (χ4v) is 2.36. The van der Waals surface area contributed by atoms with Gasteiger partial charge in [-0.2, -0.15) is 0 Å². The van der Waals surface area contributed by atoms with Gasteiger partial charge < -0.3 is 9.84 Å². The maximum Gasteiger partial charge on any atom is 0.318 e. The second kappa shape index (κ2) is 5.63. The van der Waals surface area contributed by atoms with E-state index in [4.69, 9.17) is 9.84 Å². The van der Waals surface area contributed by atoms with Gasteiger partial charge in [0.15, 0.2) is 15.6 Å². The third-order valence-corrected chi connectivity index (χ3v) is 3.47. The Hall–Kier alpha value is -1.89. The van der Waals surface area contributed by atoms with E-state index in [0.717, 1.165) is 0 Å². The molecule has 0 bridgehead atoms. The molecule has 0 saturated heterocycles. The molecule has 0 unspecified atom stereocenters. The van der Waals surface area contributed by atoms with Crippen LogP contribution in [0.3, 0.4) is 0 Å². The summed E-state index contributed by atoms with van der Waals surface area (Å²) in [4.78, 5) is 22.0. The summed E-state index contributed by atoms with van der Waals surface area (Å²) in [6.07, 6.45) is 0. The minimum Gasteiger partial charge on any atom is -0.497 e. The van der Waals surface area contributed by atoms with E-state index in [9.17, 15) is 18.0 Å². The molecule has 1 N–H and O–H groups in total. The molecule has 1 aromatic carbocycles. The first-order chi connectivity index (χ1) is 8.34. The number of methoxy groups -OCH3 is 1. The molecular formula is C11H12O6S. The van der Waals surface area contributed by atoms with Gasteiger partial charge in [-0.15, -0.1) is 0 Å². The lowest BCUT2D eigenvalue weighted by atomic mass is 10.1. The summed E-state index contributed by atoms with van der Waals surface area (Å²) in [7, 11) is -2.52. The van der Waals surface area contributed by atoms with Crippen molar-refractivity contribution in [1.29, 1.82) is 0 Å². The first-order valence-corrected chi connectivity index (χ1v) is 6.75. The normalized spacial score (nSPS) is 10.9. The summed E-state index contributed by atoms with van der Waals surface area (Å²) in [6.45, 7) is 0. The summed E-state index contributed by atoms with van der Waals surface area (Å²) in [5.74, 6) is -3.59. The summed E-state index contributed by atoms with van der Waals surface area (Å²) < 4.78 is 27.6. The molecule has 0 spiro atoms. The molecule has 7 heteroatoms. The van der Waals surface area contributed by atoms with Gasteiger partial charge >= 0.3 is 5.97 Å². The van der Waals surface area contributed by atoms with Gasteiger partial charge in [0.25, 0.3) is 0 Å². The standard InChI is InChI=1S/C11H12O6S/c1-17-9-4-2-3-8(5-9)10(12)6-18(15,16)7-11(13)14/h2-5H,6-7H2,1H3,(H,13,14). The van der Waals surface area contributed by atoms with E-state index in [1.54, 1.807) is 12.1 Å². The molecular weight excluding hydrogens is 260 g/mol. The summed E-state index contributed by atoms with van der Waals surface area (Å²) in [5.41, 5.74) is 0.170. The number of carbonyl (C=O) groups is 2. The van der Waals surface area contributed by atoms with Gasteiger partial charge in [-0.25, -0.2) is 8.42 Å². The molecule has 0 atom stereocenters. The first-order valence-electron chi connectivity index (χ1n) is 4.93. The van der Waals surface area contributed by atoms with Gasteiger partial charge in [0, 0.05) is 5.56 Å². The van der Waals surface area contributed by atoms with Crippen LogP contribution < -0.4 is 4.74 Å². The largest absolute Gasteiger partial charge is 0.497 e. The second-order valence-corrected chi connectivity index (χ2v) is 5.65. The maximum absolute atomic E-state index is 11.7. The van der Waals surface area contributed by atoms with Crippen LogP contribution in [0.5, 0.6) is 5.75 Å². The summed E-state index contributed by atoms with van der Waals surface area (Å²) in [5, 5.41) is 8.40. The smallest absolute Gasteiger partial charge is 0.318 e. The van der Waals surface area contributed by atoms with Gasteiger partial charge in [-0.1, -0.05) is 12.1 Å². The lowest BCUT2D eigenvalue weighted by molar-refractivity contribution is -0.134. The van der Waals surface area contributed by atoms with Crippen LogP contribution in [0.2, 0.25) is 0 Å². The van der Waals surface area contributed by atoms with Gasteiger partial charge in [-0.05, 0) is 12.1 Å². The predicted molar refractivity (Wildman–Crippen MR) is 63.6 cm³/mol.